The summed E-state index contributed by atoms with van der Waals surface area (Å²) in [7, 11) is 0. The van der Waals surface area contributed by atoms with Crippen molar-refractivity contribution in [2.75, 3.05) is 0 Å². The van der Waals surface area contributed by atoms with Crippen molar-refractivity contribution >= 4 is 55.0 Å². The third-order valence-corrected chi connectivity index (χ3v) is 0.0781. The zero-order chi connectivity index (χ0) is 4.28. The molecule has 2 N–H and O–H groups in total. The molecule has 0 fully saturated rings. The van der Waals surface area contributed by atoms with Gasteiger partial charge < -0.3 is 7.96 Å². The van der Waals surface area contributed by atoms with Gasteiger partial charge in [0.2, 0.25) is 0 Å². The Morgan fingerprint density at radius 3 is 1.75 bits per heavy atom. The second-order valence-corrected chi connectivity index (χ2v) is 0.357. The van der Waals surface area contributed by atoms with Crippen LogP contribution in [0.2, 0.25) is 0 Å². The molecule has 0 rings (SSSR count). The molecule has 7 heteroatoms. The molecule has 2 radical (unpaired) electrons. The molecule has 0 aliphatic rings. The largest absolute Gasteiger partial charge is 2.00 e. The van der Waals surface area contributed by atoms with Crippen LogP contribution in [0.3, 0.4) is 0 Å². The summed E-state index contributed by atoms with van der Waals surface area (Å²) in [6.45, 7) is 0. The van der Waals surface area contributed by atoms with Gasteiger partial charge in [-0.1, -0.05) is 0 Å². The molecule has 0 heterocycles. The van der Waals surface area contributed by atoms with Gasteiger partial charge in [0.15, 0.2) is 0 Å². The van der Waals surface area contributed by atoms with Crippen molar-refractivity contribution in [2.45, 2.75) is 0 Å². The molecular formula is CH4BaCuO4Y. The van der Waals surface area contributed by atoms with Gasteiger partial charge in [-0.05, 0) is 0 Å². The summed E-state index contributed by atoms with van der Waals surface area (Å²) in [5, 5.41) is 14.3. The Balaban J connectivity index is -0.00000000800. The van der Waals surface area contributed by atoms with Gasteiger partial charge in [-0.3, -0.25) is 4.89 Å². The molecule has 4 nitrogen and oxygen atoms in total. The van der Waals surface area contributed by atoms with E-state index in [1.807, 2.05) is 0 Å². The maximum absolute atomic E-state index is 8.90. The molecule has 0 spiro atoms. The minimum Gasteiger partial charge on any atom is -1.00 e. The van der Waals surface area contributed by atoms with Crippen LogP contribution >= 0.6 is 0 Å². The third kappa shape index (κ3) is 23.7. The molecule has 48 valence electrons. The van der Waals surface area contributed by atoms with Gasteiger partial charge in [-0.15, -0.1) is 0 Å². The smallest absolute Gasteiger partial charge is 1.00 e. The van der Waals surface area contributed by atoms with Crippen molar-refractivity contribution in [1.29, 1.82) is 0 Å². The molecule has 0 aromatic carbocycles. The standard InChI is InChI=1S/CH2O4.Ba.Cu.Y.2H/c2-1(3)5-4;;;;;/h4H,(H,2,3);;;;;/q;+2;;;2*-1. The summed E-state index contributed by atoms with van der Waals surface area (Å²) in [6, 6.07) is 0. The Labute approximate surface area is 125 Å². The molecule has 0 unspecified atom stereocenters. The van der Waals surface area contributed by atoms with Crippen LogP contribution in [0.1, 0.15) is 2.85 Å². The van der Waals surface area contributed by atoms with Crippen LogP contribution in [-0.4, -0.2) is 65.4 Å². The van der Waals surface area contributed by atoms with E-state index in [9.17, 15) is 0 Å². The Kier molecular flexibility index (Phi) is 45.4. The summed E-state index contributed by atoms with van der Waals surface area (Å²) in [5.74, 6) is 0. The van der Waals surface area contributed by atoms with Crippen molar-refractivity contribution in [3.05, 3.63) is 0 Å². The Morgan fingerprint density at radius 1 is 1.62 bits per heavy atom. The maximum atomic E-state index is 8.90. The number of carboxylic acid groups (broad SMARTS) is 1. The SMILES string of the molecule is O=C(O)OO.[Ba+2].[Cu].[H-].[H-].[Y]. The van der Waals surface area contributed by atoms with Gasteiger partial charge in [0.1, 0.15) is 0 Å². The predicted octanol–water partition coefficient (Wildman–Crippen LogP) is -0.00680. The van der Waals surface area contributed by atoms with E-state index in [2.05, 4.69) is 4.89 Å². The van der Waals surface area contributed by atoms with Crippen LogP contribution in [-0.2, 0) is 54.7 Å². The van der Waals surface area contributed by atoms with Crippen LogP contribution in [0.5, 0.6) is 0 Å². The van der Waals surface area contributed by atoms with E-state index in [0.29, 0.717) is 0 Å². The third-order valence-electron chi connectivity index (χ3n) is 0.0781. The molecule has 0 atom stereocenters. The minimum atomic E-state index is -1.69. The average molecular weight is 370 g/mol. The zero-order valence-corrected chi connectivity index (χ0v) is 12.0. The molecule has 8 heavy (non-hydrogen) atoms. The average Bonchev–Trinajstić information content (AvgIpc) is 1.38. The summed E-state index contributed by atoms with van der Waals surface area (Å²) in [4.78, 5) is 11.6. The van der Waals surface area contributed by atoms with Crippen LogP contribution in [0.25, 0.3) is 0 Å². The fourth-order valence-corrected chi connectivity index (χ4v) is 0. The van der Waals surface area contributed by atoms with Crippen molar-refractivity contribution in [3.8, 4) is 0 Å². The van der Waals surface area contributed by atoms with Gasteiger partial charge in [0.05, 0.1) is 0 Å². The van der Waals surface area contributed by atoms with E-state index < -0.39 is 6.16 Å². The minimum absolute atomic E-state index is 0. The van der Waals surface area contributed by atoms with Crippen LogP contribution < -0.4 is 0 Å². The summed E-state index contributed by atoms with van der Waals surface area (Å²) in [5.41, 5.74) is 0. The summed E-state index contributed by atoms with van der Waals surface area (Å²) < 4.78 is 0. The quantitative estimate of drug-likeness (QED) is 0.358. The van der Waals surface area contributed by atoms with Gasteiger partial charge >= 0.3 is 55.0 Å². The molecule has 0 amide bonds. The second kappa shape index (κ2) is 16.2. The van der Waals surface area contributed by atoms with Crippen molar-refractivity contribution in [2.24, 2.45) is 0 Å². The first-order chi connectivity index (χ1) is 2.27. The maximum Gasteiger partial charge on any atom is 2.00 e. The van der Waals surface area contributed by atoms with Gasteiger partial charge in [0.25, 0.3) is 0 Å². The van der Waals surface area contributed by atoms with E-state index in [4.69, 9.17) is 15.2 Å². The summed E-state index contributed by atoms with van der Waals surface area (Å²) in [6.07, 6.45) is -1.69. The number of carbonyl (C=O) groups is 1. The van der Waals surface area contributed by atoms with E-state index in [0.717, 1.165) is 0 Å². The predicted molar refractivity (Wildman–Crippen MR) is 19.7 cm³/mol. The molecule has 0 bridgehead atoms. The number of hydrogen-bond donors (Lipinski definition) is 2. The first-order valence-corrected chi connectivity index (χ1v) is 0.814. The molecule has 0 aromatic heterocycles. The molecule has 0 aliphatic carbocycles. The van der Waals surface area contributed by atoms with Gasteiger partial charge in [-0.25, -0.2) is 4.79 Å². The van der Waals surface area contributed by atoms with Gasteiger partial charge in [0, 0.05) is 49.8 Å². The Hall–Kier alpha value is 2.42. The fraction of sp³-hybridized carbons (Fsp3) is 0. The van der Waals surface area contributed by atoms with Crippen molar-refractivity contribution < 1.29 is 72.7 Å². The molecular weight excluding hydrogens is 366 g/mol. The van der Waals surface area contributed by atoms with Crippen molar-refractivity contribution in [3.63, 3.8) is 0 Å². The topological polar surface area (TPSA) is 66.8 Å². The fourth-order valence-electron chi connectivity index (χ4n) is 0. The van der Waals surface area contributed by atoms with E-state index in [1.54, 1.807) is 0 Å². The second-order valence-electron chi connectivity index (χ2n) is 0.357. The number of rotatable bonds is 0. The Morgan fingerprint density at radius 2 is 1.75 bits per heavy atom. The zero-order valence-electron chi connectivity index (χ0n) is 5.80. The number of hydrogen-bond acceptors (Lipinski definition) is 3. The van der Waals surface area contributed by atoms with Crippen LogP contribution in [0.15, 0.2) is 0 Å². The molecule has 0 saturated carbocycles. The van der Waals surface area contributed by atoms with Gasteiger partial charge in [-0.2, -0.15) is 5.26 Å². The van der Waals surface area contributed by atoms with E-state index >= 15 is 0 Å². The van der Waals surface area contributed by atoms with Crippen LogP contribution in [0.4, 0.5) is 4.79 Å². The normalized spacial score (nSPS) is 4.12. The van der Waals surface area contributed by atoms with E-state index in [-0.39, 0.29) is 102 Å². The van der Waals surface area contributed by atoms with Crippen LogP contribution in [0, 0.1) is 0 Å². The molecule has 0 saturated heterocycles. The molecule has 0 aromatic rings. The summed E-state index contributed by atoms with van der Waals surface area (Å²) >= 11 is 0. The van der Waals surface area contributed by atoms with Crippen molar-refractivity contribution in [1.82, 2.24) is 0 Å². The first kappa shape index (κ1) is 22.4. The first-order valence-electron chi connectivity index (χ1n) is 0.814. The van der Waals surface area contributed by atoms with E-state index in [1.165, 1.54) is 0 Å². The Bertz CT molecular complexity index is 58.5. The monoisotopic (exact) mass is 370 g/mol. The molecule has 0 aliphatic heterocycles.